The molecule has 1 unspecified atom stereocenters. The van der Waals surface area contributed by atoms with E-state index >= 15 is 0 Å². The number of aromatic amines is 1. The number of nitrogens with zero attached hydrogens (tertiary/aromatic N) is 1. The number of rotatable bonds is 6. The maximum atomic E-state index is 12.6. The molecule has 2 aliphatic rings. The van der Waals surface area contributed by atoms with Crippen molar-refractivity contribution >= 4 is 32.5 Å². The Hall–Kier alpha value is -1.89. The van der Waals surface area contributed by atoms with Gasteiger partial charge in [0.25, 0.3) is 0 Å². The number of H-pyrrole nitrogens is 1. The van der Waals surface area contributed by atoms with Gasteiger partial charge in [0.15, 0.2) is 9.84 Å². The molecule has 0 bridgehead atoms. The van der Waals surface area contributed by atoms with E-state index in [1.54, 1.807) is 24.4 Å². The van der Waals surface area contributed by atoms with Crippen molar-refractivity contribution in [2.75, 3.05) is 13.2 Å². The molecule has 0 amide bonds. The van der Waals surface area contributed by atoms with Crippen LogP contribution in [0.4, 0.5) is 0 Å². The minimum Gasteiger partial charge on any atom is -0.381 e. The molecule has 1 aliphatic heterocycles. The van der Waals surface area contributed by atoms with Crippen molar-refractivity contribution in [2.45, 2.75) is 48.2 Å². The second-order valence-electron chi connectivity index (χ2n) is 8.44. The average Bonchev–Trinajstić information content (AvgIpc) is 3.53. The van der Waals surface area contributed by atoms with Crippen LogP contribution in [0.3, 0.4) is 0 Å². The first-order valence-corrected chi connectivity index (χ1v) is 12.5. The summed E-state index contributed by atoms with van der Waals surface area (Å²) in [5.74, 6) is 0.685. The largest absolute Gasteiger partial charge is 0.381 e. The van der Waals surface area contributed by atoms with Gasteiger partial charge in [-0.3, -0.25) is 0 Å². The number of ether oxygens (including phenoxy) is 1. The first-order chi connectivity index (χ1) is 14.5. The number of hydrogen-bond donors (Lipinski definition) is 1. The van der Waals surface area contributed by atoms with Crippen molar-refractivity contribution in [3.8, 4) is 0 Å². The highest BCUT2D eigenvalue weighted by molar-refractivity contribution is 7.92. The molecule has 7 heteroatoms. The Kier molecular flexibility index (Phi) is 5.33. The zero-order valence-electron chi connectivity index (χ0n) is 16.7. The summed E-state index contributed by atoms with van der Waals surface area (Å²) in [6.45, 7) is 1.60. The fourth-order valence-electron chi connectivity index (χ4n) is 4.42. The highest BCUT2D eigenvalue weighted by Gasteiger charge is 2.37. The maximum Gasteiger partial charge on any atom is 0.181 e. The Morgan fingerprint density at radius 2 is 1.83 bits per heavy atom. The number of nitrogens with one attached hydrogen (secondary N) is 1. The predicted octanol–water partition coefficient (Wildman–Crippen LogP) is 5.10. The molecule has 30 heavy (non-hydrogen) atoms. The summed E-state index contributed by atoms with van der Waals surface area (Å²) in [5, 5.41) is 1.40. The van der Waals surface area contributed by atoms with E-state index in [-0.39, 0.29) is 11.2 Å². The number of sulfone groups is 1. The van der Waals surface area contributed by atoms with E-state index in [9.17, 15) is 8.42 Å². The molecule has 1 aliphatic carbocycles. The molecular formula is C23H25ClN2O3S. The smallest absolute Gasteiger partial charge is 0.181 e. The highest BCUT2D eigenvalue weighted by Crippen LogP contribution is 2.38. The number of benzene rings is 1. The van der Waals surface area contributed by atoms with Crippen LogP contribution in [0.1, 0.15) is 49.3 Å². The molecule has 1 aromatic carbocycles. The van der Waals surface area contributed by atoms with Crippen molar-refractivity contribution in [1.82, 2.24) is 9.97 Å². The zero-order valence-corrected chi connectivity index (χ0v) is 18.3. The maximum absolute atomic E-state index is 12.6. The van der Waals surface area contributed by atoms with Gasteiger partial charge in [-0.2, -0.15) is 0 Å². The average molecular weight is 445 g/mol. The molecule has 0 spiro atoms. The molecule has 3 heterocycles. The number of halogens is 1. The van der Waals surface area contributed by atoms with Gasteiger partial charge in [-0.15, -0.1) is 0 Å². The molecule has 1 saturated heterocycles. The fourth-order valence-corrected chi connectivity index (χ4v) is 6.28. The lowest BCUT2D eigenvalue weighted by molar-refractivity contribution is 0.0626. The standard InChI is InChI=1S/C23H25ClN2O3S/c24-21-7-10-25-23-20(21)14-22(26-23)19(13-15-8-11-29-12-9-15)16-1-3-17(4-2-16)30(27,28)18-5-6-18/h1-4,7,10,14-15,18-19H,5-6,8-9,11-13H2,(H,25,26). The summed E-state index contributed by atoms with van der Waals surface area (Å²) in [4.78, 5) is 8.30. The Morgan fingerprint density at radius 1 is 1.10 bits per heavy atom. The summed E-state index contributed by atoms with van der Waals surface area (Å²) < 4.78 is 30.7. The van der Waals surface area contributed by atoms with Gasteiger partial charge >= 0.3 is 0 Å². The van der Waals surface area contributed by atoms with Crippen LogP contribution in [-0.2, 0) is 14.6 Å². The van der Waals surface area contributed by atoms with E-state index < -0.39 is 9.84 Å². The quantitative estimate of drug-likeness (QED) is 0.574. The Balaban J connectivity index is 1.50. The predicted molar refractivity (Wildman–Crippen MR) is 118 cm³/mol. The molecule has 3 aromatic rings. The summed E-state index contributed by atoms with van der Waals surface area (Å²) in [6.07, 6.45) is 6.32. The van der Waals surface area contributed by atoms with Crippen molar-refractivity contribution in [1.29, 1.82) is 0 Å². The summed E-state index contributed by atoms with van der Waals surface area (Å²) in [5.41, 5.74) is 2.95. The number of hydrogen-bond acceptors (Lipinski definition) is 4. The van der Waals surface area contributed by atoms with Crippen LogP contribution in [-0.4, -0.2) is 36.8 Å². The third kappa shape index (κ3) is 3.88. The van der Waals surface area contributed by atoms with Gasteiger partial charge in [0.1, 0.15) is 5.65 Å². The first kappa shape index (κ1) is 20.0. The molecule has 5 rings (SSSR count). The van der Waals surface area contributed by atoms with Crippen LogP contribution in [0.25, 0.3) is 11.0 Å². The number of pyridine rings is 1. The van der Waals surface area contributed by atoms with E-state index in [0.29, 0.717) is 15.8 Å². The van der Waals surface area contributed by atoms with E-state index in [4.69, 9.17) is 16.3 Å². The van der Waals surface area contributed by atoms with Gasteiger partial charge in [-0.1, -0.05) is 23.7 Å². The molecule has 1 saturated carbocycles. The molecule has 2 fully saturated rings. The van der Waals surface area contributed by atoms with E-state index in [0.717, 1.165) is 67.6 Å². The van der Waals surface area contributed by atoms with Crippen molar-refractivity contribution in [3.05, 3.63) is 58.9 Å². The highest BCUT2D eigenvalue weighted by atomic mass is 35.5. The monoisotopic (exact) mass is 444 g/mol. The second-order valence-corrected chi connectivity index (χ2v) is 11.1. The zero-order chi connectivity index (χ0) is 20.7. The molecule has 2 aromatic heterocycles. The lowest BCUT2D eigenvalue weighted by Crippen LogP contribution is -2.19. The van der Waals surface area contributed by atoms with Crippen molar-refractivity contribution < 1.29 is 13.2 Å². The van der Waals surface area contributed by atoms with E-state index in [1.807, 2.05) is 12.1 Å². The minimum atomic E-state index is -3.18. The van der Waals surface area contributed by atoms with Gasteiger partial charge in [-0.05, 0) is 67.9 Å². The molecule has 158 valence electrons. The Morgan fingerprint density at radius 3 is 2.50 bits per heavy atom. The van der Waals surface area contributed by atoms with Gasteiger partial charge in [0.2, 0.25) is 0 Å². The van der Waals surface area contributed by atoms with Crippen LogP contribution in [0.5, 0.6) is 0 Å². The summed E-state index contributed by atoms with van der Waals surface area (Å²) in [7, 11) is -3.18. The van der Waals surface area contributed by atoms with Crippen molar-refractivity contribution in [2.24, 2.45) is 5.92 Å². The van der Waals surface area contributed by atoms with E-state index in [1.165, 1.54) is 0 Å². The normalized spacial score (nSPS) is 19.2. The molecule has 1 atom stereocenters. The minimum absolute atomic E-state index is 0.121. The van der Waals surface area contributed by atoms with Crippen LogP contribution < -0.4 is 0 Å². The number of fused-ring (bicyclic) bond motifs is 1. The third-order valence-electron chi connectivity index (χ3n) is 6.36. The van der Waals surface area contributed by atoms with E-state index in [2.05, 4.69) is 16.0 Å². The molecule has 0 radical (unpaired) electrons. The van der Waals surface area contributed by atoms with Crippen LogP contribution in [0, 0.1) is 5.92 Å². The second kappa shape index (κ2) is 7.98. The van der Waals surface area contributed by atoms with Crippen LogP contribution in [0.2, 0.25) is 5.02 Å². The van der Waals surface area contributed by atoms with Gasteiger partial charge in [-0.25, -0.2) is 13.4 Å². The SMILES string of the molecule is O=S(=O)(c1ccc(C(CC2CCOCC2)c2cc3c(Cl)ccnc3[nH]2)cc1)C1CC1. The Bertz CT molecular complexity index is 1150. The van der Waals surface area contributed by atoms with Crippen LogP contribution >= 0.6 is 11.6 Å². The lowest BCUT2D eigenvalue weighted by atomic mass is 9.83. The first-order valence-electron chi connectivity index (χ1n) is 10.6. The van der Waals surface area contributed by atoms with Crippen LogP contribution in [0.15, 0.2) is 47.5 Å². The summed E-state index contributed by atoms with van der Waals surface area (Å²) >= 11 is 6.38. The lowest BCUT2D eigenvalue weighted by Gasteiger charge is -2.26. The topological polar surface area (TPSA) is 72.1 Å². The molecular weight excluding hydrogens is 420 g/mol. The van der Waals surface area contributed by atoms with Gasteiger partial charge in [0.05, 0.1) is 15.2 Å². The summed E-state index contributed by atoms with van der Waals surface area (Å²) in [6, 6.07) is 11.4. The third-order valence-corrected chi connectivity index (χ3v) is 8.97. The number of aromatic nitrogens is 2. The molecule has 5 nitrogen and oxygen atoms in total. The molecule has 1 N–H and O–H groups in total. The van der Waals surface area contributed by atoms with Crippen molar-refractivity contribution in [3.63, 3.8) is 0 Å². The van der Waals surface area contributed by atoms with Gasteiger partial charge < -0.3 is 9.72 Å². The van der Waals surface area contributed by atoms with Gasteiger partial charge in [0, 0.05) is 36.4 Å². The Labute approximate surface area is 181 Å². The fraction of sp³-hybridized carbons (Fsp3) is 0.435.